The smallest absolute Gasteiger partial charge is 0.326 e. The predicted octanol–water partition coefficient (Wildman–Crippen LogP) is 0.814. The fourth-order valence-corrected chi connectivity index (χ4v) is 1.68. The first kappa shape index (κ1) is 15.9. The Morgan fingerprint density at radius 1 is 1.45 bits per heavy atom. The van der Waals surface area contributed by atoms with E-state index in [-0.39, 0.29) is 22.7 Å². The van der Waals surface area contributed by atoms with Gasteiger partial charge >= 0.3 is 5.97 Å². The number of nitro groups is 1. The van der Waals surface area contributed by atoms with Gasteiger partial charge in [0.25, 0.3) is 11.6 Å². The molecule has 20 heavy (non-hydrogen) atoms. The summed E-state index contributed by atoms with van der Waals surface area (Å²) in [7, 11) is 0. The molecule has 1 amide bonds. The van der Waals surface area contributed by atoms with Crippen molar-refractivity contribution in [3.05, 3.63) is 38.9 Å². The van der Waals surface area contributed by atoms with Crippen LogP contribution in [0.3, 0.4) is 0 Å². The summed E-state index contributed by atoms with van der Waals surface area (Å²) in [6.45, 7) is -0.411. The third-order valence-corrected chi connectivity index (χ3v) is 2.74. The van der Waals surface area contributed by atoms with Crippen LogP contribution in [0.5, 0.6) is 0 Å². The molecule has 0 saturated heterocycles. The van der Waals surface area contributed by atoms with Gasteiger partial charge in [0.15, 0.2) is 0 Å². The Morgan fingerprint density at radius 2 is 2.10 bits per heavy atom. The summed E-state index contributed by atoms with van der Waals surface area (Å²) in [5, 5.41) is 30.1. The lowest BCUT2D eigenvalue weighted by Gasteiger charge is -2.13. The Hall–Kier alpha value is -2.19. The number of carboxylic acid groups (broad SMARTS) is 1. The number of hydrogen-bond donors (Lipinski definition) is 3. The van der Waals surface area contributed by atoms with Gasteiger partial charge in [0.1, 0.15) is 6.04 Å². The van der Waals surface area contributed by atoms with Crippen LogP contribution in [0, 0.1) is 10.1 Å². The average Bonchev–Trinajstić information content (AvgIpc) is 2.37. The van der Waals surface area contributed by atoms with Gasteiger partial charge in [0.05, 0.1) is 15.5 Å². The number of nitrogens with one attached hydrogen (secondary N) is 1. The molecule has 1 rings (SSSR count). The number of non-ortho nitro benzene ring substituents is 1. The van der Waals surface area contributed by atoms with Crippen molar-refractivity contribution in [2.45, 2.75) is 12.5 Å². The molecule has 0 spiro atoms. The van der Waals surface area contributed by atoms with Gasteiger partial charge < -0.3 is 15.5 Å². The van der Waals surface area contributed by atoms with Crippen LogP contribution in [-0.4, -0.2) is 39.7 Å². The summed E-state index contributed by atoms with van der Waals surface area (Å²) in [5.74, 6) is -2.09. The number of carbonyl (C=O) groups excluding carboxylic acids is 1. The number of nitrogens with zero attached hydrogens (tertiary/aromatic N) is 1. The molecule has 3 N–H and O–H groups in total. The van der Waals surface area contributed by atoms with Crippen LogP contribution in [0.4, 0.5) is 5.69 Å². The number of aliphatic carboxylic acids is 1. The second-order valence-electron chi connectivity index (χ2n) is 3.80. The molecule has 0 saturated carbocycles. The molecule has 0 aliphatic heterocycles. The van der Waals surface area contributed by atoms with E-state index in [1.807, 2.05) is 0 Å². The van der Waals surface area contributed by atoms with Crippen LogP contribution in [-0.2, 0) is 4.79 Å². The van der Waals surface area contributed by atoms with Crippen molar-refractivity contribution in [2.75, 3.05) is 6.61 Å². The number of nitro benzene ring substituents is 1. The first-order valence-corrected chi connectivity index (χ1v) is 5.83. The number of rotatable bonds is 6. The summed E-state index contributed by atoms with van der Waals surface area (Å²) >= 11 is 5.75. The lowest BCUT2D eigenvalue weighted by Crippen LogP contribution is -2.41. The highest BCUT2D eigenvalue weighted by molar-refractivity contribution is 6.34. The van der Waals surface area contributed by atoms with E-state index in [0.29, 0.717) is 0 Å². The maximum atomic E-state index is 11.8. The fourth-order valence-electron chi connectivity index (χ4n) is 1.42. The number of benzene rings is 1. The second-order valence-corrected chi connectivity index (χ2v) is 4.21. The monoisotopic (exact) mass is 302 g/mol. The Balaban J connectivity index is 2.92. The molecule has 0 bridgehead atoms. The van der Waals surface area contributed by atoms with Crippen molar-refractivity contribution in [2.24, 2.45) is 0 Å². The summed E-state index contributed by atoms with van der Waals surface area (Å²) in [6.07, 6.45) is -0.161. The van der Waals surface area contributed by atoms with Gasteiger partial charge in [-0.1, -0.05) is 11.6 Å². The van der Waals surface area contributed by atoms with E-state index in [9.17, 15) is 19.7 Å². The molecule has 1 unspecified atom stereocenters. The SMILES string of the molecule is O=C(NC(CCO)C(=O)O)c1ccc([N+](=O)[O-])cc1Cl. The van der Waals surface area contributed by atoms with E-state index in [2.05, 4.69) is 5.32 Å². The molecule has 1 aromatic rings. The Labute approximate surface area is 118 Å². The maximum Gasteiger partial charge on any atom is 0.326 e. The van der Waals surface area contributed by atoms with Gasteiger partial charge in [0.2, 0.25) is 0 Å². The quantitative estimate of drug-likeness (QED) is 0.526. The topological polar surface area (TPSA) is 130 Å². The van der Waals surface area contributed by atoms with E-state index in [1.165, 1.54) is 0 Å². The van der Waals surface area contributed by atoms with E-state index < -0.39 is 29.4 Å². The van der Waals surface area contributed by atoms with Gasteiger partial charge in [-0.05, 0) is 6.07 Å². The molecular formula is C11H11ClN2O6. The number of amides is 1. The first-order chi connectivity index (χ1) is 9.36. The van der Waals surface area contributed by atoms with Gasteiger partial charge in [-0.15, -0.1) is 0 Å². The van der Waals surface area contributed by atoms with Crippen molar-refractivity contribution in [1.29, 1.82) is 0 Å². The minimum Gasteiger partial charge on any atom is -0.480 e. The molecule has 0 aliphatic rings. The van der Waals surface area contributed by atoms with E-state index in [1.54, 1.807) is 0 Å². The molecule has 0 aromatic heterocycles. The van der Waals surface area contributed by atoms with Crippen molar-refractivity contribution in [1.82, 2.24) is 5.32 Å². The zero-order valence-electron chi connectivity index (χ0n) is 10.1. The van der Waals surface area contributed by atoms with Gasteiger partial charge in [0, 0.05) is 25.2 Å². The summed E-state index contributed by atoms with van der Waals surface area (Å²) < 4.78 is 0. The molecule has 0 heterocycles. The molecule has 9 heteroatoms. The lowest BCUT2D eigenvalue weighted by molar-refractivity contribution is -0.384. The van der Waals surface area contributed by atoms with Crippen LogP contribution < -0.4 is 5.32 Å². The van der Waals surface area contributed by atoms with Gasteiger partial charge in [-0.3, -0.25) is 14.9 Å². The minimum absolute atomic E-state index is 0.0820. The Kier molecular flexibility index (Phi) is 5.42. The van der Waals surface area contributed by atoms with Gasteiger partial charge in [-0.25, -0.2) is 4.79 Å². The van der Waals surface area contributed by atoms with Crippen LogP contribution in [0.2, 0.25) is 5.02 Å². The number of carboxylic acids is 1. The zero-order valence-corrected chi connectivity index (χ0v) is 10.8. The lowest BCUT2D eigenvalue weighted by atomic mass is 10.1. The standard InChI is InChI=1S/C11H11ClN2O6/c12-8-5-6(14(19)20)1-2-7(8)10(16)13-9(3-4-15)11(17)18/h1-2,5,9,15H,3-4H2,(H,13,16)(H,17,18). The summed E-state index contributed by atoms with van der Waals surface area (Å²) in [6, 6.07) is 1.95. The van der Waals surface area contributed by atoms with E-state index in [0.717, 1.165) is 18.2 Å². The van der Waals surface area contributed by atoms with Crippen molar-refractivity contribution in [3.8, 4) is 0 Å². The number of aliphatic hydroxyl groups is 1. The highest BCUT2D eigenvalue weighted by atomic mass is 35.5. The average molecular weight is 303 g/mol. The van der Waals surface area contributed by atoms with Gasteiger partial charge in [-0.2, -0.15) is 0 Å². The molecule has 0 aliphatic carbocycles. The third kappa shape index (κ3) is 3.90. The summed E-state index contributed by atoms with van der Waals surface area (Å²) in [4.78, 5) is 32.5. The molecule has 108 valence electrons. The Bertz CT molecular complexity index is 548. The number of hydrogen-bond acceptors (Lipinski definition) is 5. The van der Waals surface area contributed by atoms with Crippen LogP contribution in [0.25, 0.3) is 0 Å². The highest BCUT2D eigenvalue weighted by Gasteiger charge is 2.22. The molecule has 1 atom stereocenters. The van der Waals surface area contributed by atoms with Crippen LogP contribution in [0.1, 0.15) is 16.8 Å². The third-order valence-electron chi connectivity index (χ3n) is 2.43. The fraction of sp³-hybridized carbons (Fsp3) is 0.273. The van der Waals surface area contributed by atoms with Crippen LogP contribution >= 0.6 is 11.6 Å². The predicted molar refractivity (Wildman–Crippen MR) is 68.7 cm³/mol. The van der Waals surface area contributed by atoms with Crippen molar-refractivity contribution < 1.29 is 24.7 Å². The summed E-state index contributed by atoms with van der Waals surface area (Å²) in [5.41, 5.74) is -0.363. The largest absolute Gasteiger partial charge is 0.480 e. The number of halogens is 1. The number of aliphatic hydroxyl groups excluding tert-OH is 1. The number of carbonyl (C=O) groups is 2. The molecule has 8 nitrogen and oxygen atoms in total. The molecular weight excluding hydrogens is 292 g/mol. The van der Waals surface area contributed by atoms with E-state index >= 15 is 0 Å². The normalized spacial score (nSPS) is 11.7. The van der Waals surface area contributed by atoms with Crippen molar-refractivity contribution >= 4 is 29.2 Å². The first-order valence-electron chi connectivity index (χ1n) is 5.45. The second kappa shape index (κ2) is 6.83. The molecule has 0 radical (unpaired) electrons. The van der Waals surface area contributed by atoms with Crippen molar-refractivity contribution in [3.63, 3.8) is 0 Å². The van der Waals surface area contributed by atoms with E-state index in [4.69, 9.17) is 21.8 Å². The highest BCUT2D eigenvalue weighted by Crippen LogP contribution is 2.22. The minimum atomic E-state index is -1.30. The Morgan fingerprint density at radius 3 is 2.55 bits per heavy atom. The molecule has 0 fully saturated rings. The zero-order chi connectivity index (χ0) is 15.3. The molecule has 1 aromatic carbocycles. The van der Waals surface area contributed by atoms with Crippen LogP contribution in [0.15, 0.2) is 18.2 Å². The maximum absolute atomic E-state index is 11.8.